The number of nitrogens with zero attached hydrogens (tertiary/aromatic N) is 2. The lowest BCUT2D eigenvalue weighted by Gasteiger charge is -2.44. The highest BCUT2D eigenvalue weighted by molar-refractivity contribution is 5.97. The lowest BCUT2D eigenvalue weighted by Crippen LogP contribution is -2.62. The summed E-state index contributed by atoms with van der Waals surface area (Å²) in [6.45, 7) is 1.56. The molecule has 2 atom stereocenters. The molecule has 0 bridgehead atoms. The molecular formula is C15H19F3N2O2. The van der Waals surface area contributed by atoms with Crippen LogP contribution >= 0.6 is 0 Å². The van der Waals surface area contributed by atoms with Crippen molar-refractivity contribution in [2.24, 2.45) is 0 Å². The van der Waals surface area contributed by atoms with Gasteiger partial charge >= 0.3 is 6.18 Å². The number of methoxy groups -OCH3 is 1. The number of halogens is 3. The summed E-state index contributed by atoms with van der Waals surface area (Å²) in [6.07, 6.45) is -4.37. The summed E-state index contributed by atoms with van der Waals surface area (Å²) in [6, 6.07) is 4.52. The predicted molar refractivity (Wildman–Crippen MR) is 76.0 cm³/mol. The van der Waals surface area contributed by atoms with Gasteiger partial charge in [0.2, 0.25) is 0 Å². The summed E-state index contributed by atoms with van der Waals surface area (Å²) in [5, 5.41) is 0. The van der Waals surface area contributed by atoms with Gasteiger partial charge in [0.1, 0.15) is 11.8 Å². The molecule has 0 radical (unpaired) electrons. The summed E-state index contributed by atoms with van der Waals surface area (Å²) in [4.78, 5) is 15.1. The molecule has 1 saturated heterocycles. The van der Waals surface area contributed by atoms with Gasteiger partial charge < -0.3 is 9.64 Å². The van der Waals surface area contributed by atoms with Crippen molar-refractivity contribution in [2.75, 3.05) is 27.2 Å². The van der Waals surface area contributed by atoms with Crippen molar-refractivity contribution in [3.05, 3.63) is 29.8 Å². The Balaban J connectivity index is 2.26. The number of piperazine rings is 1. The van der Waals surface area contributed by atoms with Gasteiger partial charge in [-0.15, -0.1) is 0 Å². The van der Waals surface area contributed by atoms with Crippen LogP contribution in [0, 0.1) is 0 Å². The van der Waals surface area contributed by atoms with Gasteiger partial charge in [-0.05, 0) is 26.1 Å². The number of amides is 1. The van der Waals surface area contributed by atoms with Crippen LogP contribution in [0.2, 0.25) is 0 Å². The van der Waals surface area contributed by atoms with Crippen molar-refractivity contribution in [1.29, 1.82) is 0 Å². The number of ether oxygens (including phenoxy) is 1. The third-order valence-corrected chi connectivity index (χ3v) is 4.07. The highest BCUT2D eigenvalue weighted by atomic mass is 19.4. The zero-order valence-electron chi connectivity index (χ0n) is 12.7. The maximum absolute atomic E-state index is 13.1. The quantitative estimate of drug-likeness (QED) is 0.840. The molecule has 0 spiro atoms. The lowest BCUT2D eigenvalue weighted by atomic mass is 10.1. The van der Waals surface area contributed by atoms with E-state index in [9.17, 15) is 18.0 Å². The Kier molecular flexibility index (Phi) is 4.65. The summed E-state index contributed by atoms with van der Waals surface area (Å²) >= 11 is 0. The van der Waals surface area contributed by atoms with Crippen molar-refractivity contribution in [2.45, 2.75) is 25.2 Å². The van der Waals surface area contributed by atoms with E-state index in [1.54, 1.807) is 31.2 Å². The maximum atomic E-state index is 13.1. The second-order valence-corrected chi connectivity index (χ2v) is 5.48. The first kappa shape index (κ1) is 16.6. The fraction of sp³-hybridized carbons (Fsp3) is 0.533. The largest absolute Gasteiger partial charge is 0.496 e. The third-order valence-electron chi connectivity index (χ3n) is 4.07. The number of hydrogen-bond acceptors (Lipinski definition) is 3. The number of hydrogen-bond donors (Lipinski definition) is 0. The minimum Gasteiger partial charge on any atom is -0.496 e. The molecule has 7 heteroatoms. The Morgan fingerprint density at radius 3 is 2.50 bits per heavy atom. The molecule has 1 heterocycles. The average Bonchev–Trinajstić information content (AvgIpc) is 2.47. The molecule has 2 unspecified atom stereocenters. The number of rotatable bonds is 2. The molecule has 122 valence electrons. The number of carbonyl (C=O) groups is 1. The topological polar surface area (TPSA) is 32.8 Å². The van der Waals surface area contributed by atoms with Crippen molar-refractivity contribution in [1.82, 2.24) is 9.80 Å². The van der Waals surface area contributed by atoms with Crippen molar-refractivity contribution in [3.63, 3.8) is 0 Å². The van der Waals surface area contributed by atoms with Crippen LogP contribution in [0.5, 0.6) is 5.75 Å². The molecule has 2 rings (SSSR count). The average molecular weight is 316 g/mol. The molecule has 0 aromatic heterocycles. The Bertz CT molecular complexity index is 548. The van der Waals surface area contributed by atoms with Gasteiger partial charge in [-0.3, -0.25) is 9.69 Å². The zero-order valence-corrected chi connectivity index (χ0v) is 12.7. The van der Waals surface area contributed by atoms with Crippen LogP contribution in [0.4, 0.5) is 13.2 Å². The predicted octanol–water partition coefficient (Wildman–Crippen LogP) is 2.40. The van der Waals surface area contributed by atoms with E-state index in [1.165, 1.54) is 24.0 Å². The van der Waals surface area contributed by atoms with Crippen LogP contribution in [0.15, 0.2) is 24.3 Å². The van der Waals surface area contributed by atoms with Crippen LogP contribution in [0.3, 0.4) is 0 Å². The van der Waals surface area contributed by atoms with Gasteiger partial charge in [0, 0.05) is 19.1 Å². The second kappa shape index (κ2) is 6.16. The van der Waals surface area contributed by atoms with Crippen LogP contribution < -0.4 is 4.74 Å². The van der Waals surface area contributed by atoms with Crippen LogP contribution in [-0.2, 0) is 0 Å². The highest BCUT2D eigenvalue weighted by Gasteiger charge is 2.48. The molecule has 1 aliphatic heterocycles. The number of benzene rings is 1. The molecule has 1 aromatic carbocycles. The van der Waals surface area contributed by atoms with Crippen molar-refractivity contribution >= 4 is 5.91 Å². The number of likely N-dealkylation sites (N-methyl/N-ethyl adjacent to an activating group) is 1. The Morgan fingerprint density at radius 2 is 1.91 bits per heavy atom. The fourth-order valence-electron chi connectivity index (χ4n) is 2.66. The molecule has 1 aromatic rings. The molecule has 1 fully saturated rings. The molecule has 0 N–H and O–H groups in total. The Labute approximate surface area is 127 Å². The maximum Gasteiger partial charge on any atom is 0.405 e. The lowest BCUT2D eigenvalue weighted by molar-refractivity contribution is -0.197. The fourth-order valence-corrected chi connectivity index (χ4v) is 2.66. The molecule has 0 aliphatic carbocycles. The van der Waals surface area contributed by atoms with E-state index in [0.29, 0.717) is 5.75 Å². The number of carbonyl (C=O) groups excluding carboxylic acids is 1. The minimum absolute atomic E-state index is 0.250. The van der Waals surface area contributed by atoms with Gasteiger partial charge in [0.05, 0.1) is 12.7 Å². The van der Waals surface area contributed by atoms with E-state index >= 15 is 0 Å². The molecule has 1 aliphatic rings. The van der Waals surface area contributed by atoms with Crippen LogP contribution in [0.1, 0.15) is 17.3 Å². The second-order valence-electron chi connectivity index (χ2n) is 5.48. The monoisotopic (exact) mass is 316 g/mol. The molecule has 22 heavy (non-hydrogen) atoms. The van der Waals surface area contributed by atoms with Gasteiger partial charge in [-0.2, -0.15) is 13.2 Å². The van der Waals surface area contributed by atoms with Crippen molar-refractivity contribution < 1.29 is 22.7 Å². The Hall–Kier alpha value is -1.76. The van der Waals surface area contributed by atoms with Gasteiger partial charge in [0.25, 0.3) is 5.91 Å². The van der Waals surface area contributed by atoms with Crippen LogP contribution in [0.25, 0.3) is 0 Å². The first-order valence-corrected chi connectivity index (χ1v) is 6.96. The minimum atomic E-state index is -4.37. The molecule has 1 amide bonds. The highest BCUT2D eigenvalue weighted by Crippen LogP contribution is 2.30. The van der Waals surface area contributed by atoms with Gasteiger partial charge in [-0.25, -0.2) is 0 Å². The van der Waals surface area contributed by atoms with Gasteiger partial charge in [0.15, 0.2) is 0 Å². The summed E-state index contributed by atoms with van der Waals surface area (Å²) < 4.78 is 44.6. The van der Waals surface area contributed by atoms with E-state index in [4.69, 9.17) is 4.74 Å². The molecule has 4 nitrogen and oxygen atoms in total. The smallest absolute Gasteiger partial charge is 0.405 e. The van der Waals surface area contributed by atoms with E-state index in [-0.39, 0.29) is 24.7 Å². The normalized spacial score (nSPS) is 23.5. The van der Waals surface area contributed by atoms with E-state index in [1.807, 2.05) is 0 Å². The van der Waals surface area contributed by atoms with E-state index in [0.717, 1.165) is 0 Å². The number of para-hydroxylation sites is 1. The van der Waals surface area contributed by atoms with Crippen molar-refractivity contribution in [3.8, 4) is 5.75 Å². The Morgan fingerprint density at radius 1 is 1.27 bits per heavy atom. The summed E-state index contributed by atoms with van der Waals surface area (Å²) in [7, 11) is 2.87. The van der Waals surface area contributed by atoms with Gasteiger partial charge in [-0.1, -0.05) is 12.1 Å². The first-order valence-electron chi connectivity index (χ1n) is 6.96. The number of alkyl halides is 3. The zero-order chi connectivity index (χ0) is 16.5. The first-order chi connectivity index (χ1) is 10.3. The SMILES string of the molecule is COc1ccccc1C(=O)N1CC(C)N(C)C(C(F)(F)F)C1. The molecular weight excluding hydrogens is 297 g/mol. The molecule has 0 saturated carbocycles. The van der Waals surface area contributed by atoms with Crippen LogP contribution in [-0.4, -0.2) is 61.2 Å². The summed E-state index contributed by atoms with van der Waals surface area (Å²) in [5.74, 6) is -0.0747. The summed E-state index contributed by atoms with van der Waals surface area (Å²) in [5.41, 5.74) is 0.280. The van der Waals surface area contributed by atoms with E-state index < -0.39 is 18.1 Å². The standard InChI is InChI=1S/C15H19F3N2O2/c1-10-8-20(9-13(19(10)2)15(16,17)18)14(21)11-6-4-5-7-12(11)22-3/h4-7,10,13H,8-9H2,1-3H3. The third kappa shape index (κ3) is 3.19. The van der Waals surface area contributed by atoms with E-state index in [2.05, 4.69) is 0 Å².